The van der Waals surface area contributed by atoms with Gasteiger partial charge in [0.2, 0.25) is 0 Å². The Hall–Kier alpha value is -1.26. The third kappa shape index (κ3) is 3.61. The summed E-state index contributed by atoms with van der Waals surface area (Å²) in [6.07, 6.45) is 1.82. The third-order valence-corrected chi connectivity index (χ3v) is 4.00. The zero-order valence-corrected chi connectivity index (χ0v) is 11.7. The lowest BCUT2D eigenvalue weighted by Crippen LogP contribution is -2.36. The average Bonchev–Trinajstić information content (AvgIpc) is 2.42. The summed E-state index contributed by atoms with van der Waals surface area (Å²) >= 11 is 0. The van der Waals surface area contributed by atoms with Gasteiger partial charge in [-0.3, -0.25) is 4.90 Å². The first-order valence-electron chi connectivity index (χ1n) is 6.86. The maximum atomic E-state index is 9.88. The molecule has 0 spiro atoms. The summed E-state index contributed by atoms with van der Waals surface area (Å²) in [7, 11) is 1.63. The van der Waals surface area contributed by atoms with Crippen LogP contribution in [0.2, 0.25) is 0 Å². The van der Waals surface area contributed by atoms with Crippen LogP contribution in [-0.4, -0.2) is 41.4 Å². The van der Waals surface area contributed by atoms with Crippen molar-refractivity contribution in [2.24, 2.45) is 5.92 Å². The van der Waals surface area contributed by atoms with Crippen LogP contribution >= 0.6 is 0 Å². The molecule has 1 heterocycles. The molecule has 1 aliphatic heterocycles. The van der Waals surface area contributed by atoms with Crippen molar-refractivity contribution in [3.05, 3.63) is 23.8 Å². The number of likely N-dealkylation sites (tertiary alicyclic amines) is 1. The Labute approximate surface area is 114 Å². The van der Waals surface area contributed by atoms with Crippen molar-refractivity contribution in [2.75, 3.05) is 20.2 Å². The normalized spacial score (nSPS) is 19.3. The summed E-state index contributed by atoms with van der Waals surface area (Å²) in [4.78, 5) is 2.31. The quantitative estimate of drug-likeness (QED) is 0.874. The van der Waals surface area contributed by atoms with E-state index >= 15 is 0 Å². The number of hydrogen-bond donors (Lipinski definition) is 2. The van der Waals surface area contributed by atoms with E-state index in [1.807, 2.05) is 13.0 Å². The van der Waals surface area contributed by atoms with Crippen LogP contribution in [0.3, 0.4) is 0 Å². The Morgan fingerprint density at radius 1 is 1.37 bits per heavy atom. The molecule has 0 saturated carbocycles. The van der Waals surface area contributed by atoms with Crippen LogP contribution in [0.5, 0.6) is 11.5 Å². The molecular formula is C15H23NO3. The van der Waals surface area contributed by atoms with E-state index in [4.69, 9.17) is 4.74 Å². The van der Waals surface area contributed by atoms with E-state index in [0.29, 0.717) is 11.7 Å². The van der Waals surface area contributed by atoms with E-state index in [9.17, 15) is 10.2 Å². The molecular weight excluding hydrogens is 242 g/mol. The number of rotatable bonds is 4. The lowest BCUT2D eigenvalue weighted by Gasteiger charge is -2.33. The Kier molecular flexibility index (Phi) is 4.66. The van der Waals surface area contributed by atoms with Gasteiger partial charge in [0.1, 0.15) is 11.5 Å². The predicted octanol–water partition coefficient (Wildman–Crippen LogP) is 1.99. The van der Waals surface area contributed by atoms with Gasteiger partial charge in [-0.15, -0.1) is 0 Å². The second kappa shape index (κ2) is 6.26. The molecule has 19 heavy (non-hydrogen) atoms. The van der Waals surface area contributed by atoms with Crippen molar-refractivity contribution >= 4 is 0 Å². The van der Waals surface area contributed by atoms with Crippen molar-refractivity contribution in [1.29, 1.82) is 0 Å². The second-order valence-electron chi connectivity index (χ2n) is 5.35. The van der Waals surface area contributed by atoms with Crippen molar-refractivity contribution in [3.8, 4) is 11.5 Å². The summed E-state index contributed by atoms with van der Waals surface area (Å²) < 4.78 is 5.18. The molecule has 106 valence electrons. The van der Waals surface area contributed by atoms with Crippen LogP contribution in [0.1, 0.15) is 25.3 Å². The minimum absolute atomic E-state index is 0.215. The SMILES string of the molecule is COc1ccc(O)c(CN2CCC(C(C)O)CC2)c1. The highest BCUT2D eigenvalue weighted by Gasteiger charge is 2.23. The van der Waals surface area contributed by atoms with Crippen LogP contribution < -0.4 is 4.74 Å². The monoisotopic (exact) mass is 265 g/mol. The largest absolute Gasteiger partial charge is 0.508 e. The van der Waals surface area contributed by atoms with Crippen molar-refractivity contribution in [2.45, 2.75) is 32.4 Å². The van der Waals surface area contributed by atoms with Crippen molar-refractivity contribution in [1.82, 2.24) is 4.90 Å². The summed E-state index contributed by atoms with van der Waals surface area (Å²) in [5.74, 6) is 1.50. The second-order valence-corrected chi connectivity index (χ2v) is 5.35. The zero-order chi connectivity index (χ0) is 13.8. The number of hydrogen-bond acceptors (Lipinski definition) is 4. The first kappa shape index (κ1) is 14.2. The highest BCUT2D eigenvalue weighted by atomic mass is 16.5. The number of aliphatic hydroxyl groups is 1. The fraction of sp³-hybridized carbons (Fsp3) is 0.600. The molecule has 0 aromatic heterocycles. The Balaban J connectivity index is 1.95. The molecule has 1 unspecified atom stereocenters. The number of methoxy groups -OCH3 is 1. The number of phenols is 1. The Bertz CT molecular complexity index is 412. The zero-order valence-electron chi connectivity index (χ0n) is 11.7. The van der Waals surface area contributed by atoms with E-state index in [1.165, 1.54) is 0 Å². The molecule has 0 bridgehead atoms. The summed E-state index contributed by atoms with van der Waals surface area (Å²) in [6, 6.07) is 5.32. The summed E-state index contributed by atoms with van der Waals surface area (Å²) in [5, 5.41) is 19.5. The molecule has 1 aromatic rings. The van der Waals surface area contributed by atoms with Gasteiger partial charge in [-0.2, -0.15) is 0 Å². The fourth-order valence-electron chi connectivity index (χ4n) is 2.65. The molecule has 1 aliphatic rings. The number of aromatic hydroxyl groups is 1. The van der Waals surface area contributed by atoms with Gasteiger partial charge < -0.3 is 14.9 Å². The van der Waals surface area contributed by atoms with Gasteiger partial charge in [-0.1, -0.05) is 0 Å². The van der Waals surface area contributed by atoms with E-state index in [0.717, 1.165) is 43.8 Å². The topological polar surface area (TPSA) is 52.9 Å². The molecule has 0 radical (unpaired) electrons. The van der Waals surface area contributed by atoms with Crippen molar-refractivity contribution < 1.29 is 14.9 Å². The standard InChI is InChI=1S/C15H23NO3/c1-11(17)12-5-7-16(8-6-12)10-13-9-14(19-2)3-4-15(13)18/h3-4,9,11-12,17-18H,5-8,10H2,1-2H3. The molecule has 1 saturated heterocycles. The molecule has 4 heteroatoms. The van der Waals surface area contributed by atoms with Gasteiger partial charge in [0.15, 0.2) is 0 Å². The van der Waals surface area contributed by atoms with Crippen LogP contribution in [0.25, 0.3) is 0 Å². The molecule has 0 amide bonds. The van der Waals surface area contributed by atoms with Gasteiger partial charge in [0.05, 0.1) is 13.2 Å². The van der Waals surface area contributed by atoms with E-state index < -0.39 is 0 Å². The molecule has 4 nitrogen and oxygen atoms in total. The van der Waals surface area contributed by atoms with Gasteiger partial charge >= 0.3 is 0 Å². The first-order valence-corrected chi connectivity index (χ1v) is 6.86. The van der Waals surface area contributed by atoms with Crippen LogP contribution in [0.15, 0.2) is 18.2 Å². The molecule has 2 rings (SSSR count). The summed E-state index contributed by atoms with van der Waals surface area (Å²) in [5.41, 5.74) is 0.898. The van der Waals surface area contributed by atoms with Gasteiger partial charge in [-0.05, 0) is 57.0 Å². The average molecular weight is 265 g/mol. The van der Waals surface area contributed by atoms with Crippen molar-refractivity contribution in [3.63, 3.8) is 0 Å². The van der Waals surface area contributed by atoms with Gasteiger partial charge in [-0.25, -0.2) is 0 Å². The number of ether oxygens (including phenoxy) is 1. The highest BCUT2D eigenvalue weighted by molar-refractivity contribution is 5.39. The van der Waals surface area contributed by atoms with Gasteiger partial charge in [0.25, 0.3) is 0 Å². The minimum Gasteiger partial charge on any atom is -0.508 e. The molecule has 1 fully saturated rings. The molecule has 2 N–H and O–H groups in total. The van der Waals surface area contributed by atoms with E-state index in [-0.39, 0.29) is 6.10 Å². The Morgan fingerprint density at radius 2 is 2.05 bits per heavy atom. The predicted molar refractivity (Wildman–Crippen MR) is 74.3 cm³/mol. The highest BCUT2D eigenvalue weighted by Crippen LogP contribution is 2.27. The molecule has 1 atom stereocenters. The third-order valence-electron chi connectivity index (χ3n) is 4.00. The maximum absolute atomic E-state index is 9.88. The number of phenolic OH excluding ortho intramolecular Hbond substituents is 1. The smallest absolute Gasteiger partial charge is 0.120 e. The van der Waals surface area contributed by atoms with Crippen LogP contribution in [-0.2, 0) is 6.54 Å². The number of benzene rings is 1. The van der Waals surface area contributed by atoms with E-state index in [2.05, 4.69) is 4.90 Å². The van der Waals surface area contributed by atoms with Crippen LogP contribution in [0.4, 0.5) is 0 Å². The minimum atomic E-state index is -0.215. The van der Waals surface area contributed by atoms with Crippen LogP contribution in [0, 0.1) is 5.92 Å². The van der Waals surface area contributed by atoms with Gasteiger partial charge in [0, 0.05) is 12.1 Å². The lowest BCUT2D eigenvalue weighted by molar-refractivity contribution is 0.0693. The lowest BCUT2D eigenvalue weighted by atomic mass is 9.92. The first-order chi connectivity index (χ1) is 9.10. The Morgan fingerprint density at radius 3 is 2.63 bits per heavy atom. The number of aliphatic hydroxyl groups excluding tert-OH is 1. The number of nitrogens with zero attached hydrogens (tertiary/aromatic N) is 1. The molecule has 0 aliphatic carbocycles. The number of piperidine rings is 1. The molecule has 1 aromatic carbocycles. The fourth-order valence-corrected chi connectivity index (χ4v) is 2.65. The van der Waals surface area contributed by atoms with E-state index in [1.54, 1.807) is 19.2 Å². The summed E-state index contributed by atoms with van der Waals surface area (Å²) in [6.45, 7) is 4.53. The maximum Gasteiger partial charge on any atom is 0.120 e.